The Morgan fingerprint density at radius 3 is 2.65 bits per heavy atom. The van der Waals surface area contributed by atoms with Crippen LogP contribution in [0.3, 0.4) is 0 Å². The minimum Gasteiger partial charge on any atom is -0.506 e. The van der Waals surface area contributed by atoms with E-state index in [9.17, 15) is 9.90 Å². The molecule has 0 aliphatic carbocycles. The molecular formula is C22H25N7O2. The van der Waals surface area contributed by atoms with Crippen LogP contribution in [0.5, 0.6) is 5.75 Å². The maximum Gasteiger partial charge on any atom is 0.168 e. The number of anilines is 1. The predicted molar refractivity (Wildman–Crippen MR) is 117 cm³/mol. The van der Waals surface area contributed by atoms with E-state index in [1.807, 2.05) is 12.1 Å². The summed E-state index contributed by atoms with van der Waals surface area (Å²) in [5.74, 6) is 0.766. The van der Waals surface area contributed by atoms with Gasteiger partial charge in [0.1, 0.15) is 29.2 Å². The van der Waals surface area contributed by atoms with Gasteiger partial charge in [-0.15, -0.1) is 10.2 Å². The first kappa shape index (κ1) is 20.8. The van der Waals surface area contributed by atoms with Crippen molar-refractivity contribution in [2.24, 2.45) is 0 Å². The van der Waals surface area contributed by atoms with Gasteiger partial charge in [-0.25, -0.2) is 15.0 Å². The van der Waals surface area contributed by atoms with Crippen LogP contribution in [0.2, 0.25) is 0 Å². The molecule has 0 unspecified atom stereocenters. The first-order chi connectivity index (χ1) is 14.8. The summed E-state index contributed by atoms with van der Waals surface area (Å²) in [5, 5.41) is 22.7. The molecule has 9 heteroatoms. The molecule has 0 saturated carbocycles. The second-order valence-electron chi connectivity index (χ2n) is 8.64. The van der Waals surface area contributed by atoms with Crippen molar-refractivity contribution in [2.45, 2.75) is 38.8 Å². The van der Waals surface area contributed by atoms with Crippen molar-refractivity contribution in [1.82, 2.24) is 30.5 Å². The van der Waals surface area contributed by atoms with E-state index in [2.05, 4.69) is 56.1 Å². The number of carbonyl (C=O) groups is 1. The van der Waals surface area contributed by atoms with Gasteiger partial charge in [0.2, 0.25) is 0 Å². The average Bonchev–Trinajstić information content (AvgIpc) is 3.20. The van der Waals surface area contributed by atoms with Crippen LogP contribution in [-0.4, -0.2) is 61.2 Å². The highest BCUT2D eigenvalue weighted by molar-refractivity contribution is 5.75. The van der Waals surface area contributed by atoms with E-state index in [4.69, 9.17) is 0 Å². The average molecular weight is 419 g/mol. The molecule has 0 bridgehead atoms. The number of aromatic nitrogens is 5. The van der Waals surface area contributed by atoms with Crippen LogP contribution < -0.4 is 10.2 Å². The molecule has 1 aliphatic heterocycles. The topological polar surface area (TPSA) is 117 Å². The highest BCUT2D eigenvalue weighted by Crippen LogP contribution is 2.30. The lowest BCUT2D eigenvalue weighted by Crippen LogP contribution is -2.45. The lowest BCUT2D eigenvalue weighted by molar-refractivity contribution is 0.111. The summed E-state index contributed by atoms with van der Waals surface area (Å²) in [5.41, 5.74) is 2.23. The fraction of sp³-hybridized carbons (Fsp3) is 0.364. The monoisotopic (exact) mass is 419 g/mol. The van der Waals surface area contributed by atoms with Gasteiger partial charge in [-0.05, 0) is 51.5 Å². The Balaban J connectivity index is 1.50. The van der Waals surface area contributed by atoms with Gasteiger partial charge in [0.05, 0.1) is 5.69 Å². The SMILES string of the molecule is CC(C)(C)N[C@@H]1CCN(c2ccc(-c3ncc(-c4cc(C=O)ncn4)cc3O)nn2)C1. The molecule has 2 N–H and O–H groups in total. The standard InChI is InChI=1S/C22H25N7O2/c1-22(2,3)26-15-6-7-29(11-15)20-5-4-17(27-28-20)21-19(31)8-14(10-23-21)18-9-16(12-30)24-13-25-18/h4-5,8-10,12-13,15,26,31H,6-7,11H2,1-3H3/t15-/m1/s1. The van der Waals surface area contributed by atoms with Crippen LogP contribution >= 0.6 is 0 Å². The molecule has 1 aliphatic rings. The third kappa shape index (κ3) is 4.83. The highest BCUT2D eigenvalue weighted by Gasteiger charge is 2.26. The van der Waals surface area contributed by atoms with E-state index in [-0.39, 0.29) is 17.0 Å². The third-order valence-electron chi connectivity index (χ3n) is 5.01. The number of hydrogen-bond acceptors (Lipinski definition) is 9. The molecule has 1 atom stereocenters. The lowest BCUT2D eigenvalue weighted by Gasteiger charge is -2.26. The Bertz CT molecular complexity index is 1080. The summed E-state index contributed by atoms with van der Waals surface area (Å²) in [4.78, 5) is 25.4. The number of pyridine rings is 1. The predicted octanol–water partition coefficient (Wildman–Crippen LogP) is 2.48. The minimum absolute atomic E-state index is 0.0403. The lowest BCUT2D eigenvalue weighted by atomic mass is 10.1. The summed E-state index contributed by atoms with van der Waals surface area (Å²) in [6, 6.07) is 7.20. The first-order valence-corrected chi connectivity index (χ1v) is 10.2. The molecular weight excluding hydrogens is 394 g/mol. The number of hydrogen-bond donors (Lipinski definition) is 2. The fourth-order valence-electron chi connectivity index (χ4n) is 3.70. The zero-order valence-corrected chi connectivity index (χ0v) is 17.8. The second kappa shape index (κ2) is 8.35. The number of rotatable bonds is 5. The summed E-state index contributed by atoms with van der Waals surface area (Å²) < 4.78 is 0. The van der Waals surface area contributed by atoms with E-state index in [0.717, 1.165) is 25.3 Å². The molecule has 31 heavy (non-hydrogen) atoms. The Labute approximate surface area is 180 Å². The Hall–Kier alpha value is -3.46. The largest absolute Gasteiger partial charge is 0.506 e. The molecule has 4 heterocycles. The van der Waals surface area contributed by atoms with Crippen molar-refractivity contribution in [1.29, 1.82) is 0 Å². The number of aldehydes is 1. The molecule has 0 spiro atoms. The number of nitrogens with zero attached hydrogens (tertiary/aromatic N) is 6. The zero-order valence-electron chi connectivity index (χ0n) is 17.8. The van der Waals surface area contributed by atoms with E-state index in [1.54, 1.807) is 6.20 Å². The molecule has 9 nitrogen and oxygen atoms in total. The number of nitrogens with one attached hydrogen (secondary N) is 1. The van der Waals surface area contributed by atoms with Gasteiger partial charge in [-0.1, -0.05) is 0 Å². The van der Waals surface area contributed by atoms with E-state index < -0.39 is 0 Å². The normalized spacial score (nSPS) is 16.5. The Kier molecular flexibility index (Phi) is 5.60. The van der Waals surface area contributed by atoms with Crippen LogP contribution in [0, 0.1) is 0 Å². The number of aromatic hydroxyl groups is 1. The molecule has 3 aromatic rings. The van der Waals surface area contributed by atoms with Crippen LogP contribution in [0.4, 0.5) is 5.82 Å². The van der Waals surface area contributed by atoms with Crippen LogP contribution in [0.25, 0.3) is 22.6 Å². The molecule has 1 fully saturated rings. The maximum atomic E-state index is 10.9. The van der Waals surface area contributed by atoms with Crippen molar-refractivity contribution in [3.05, 3.63) is 42.5 Å². The van der Waals surface area contributed by atoms with Crippen LogP contribution in [0.1, 0.15) is 37.7 Å². The second-order valence-corrected chi connectivity index (χ2v) is 8.64. The molecule has 0 amide bonds. The summed E-state index contributed by atoms with van der Waals surface area (Å²) in [6.07, 6.45) is 4.57. The summed E-state index contributed by atoms with van der Waals surface area (Å²) >= 11 is 0. The van der Waals surface area contributed by atoms with E-state index in [0.29, 0.717) is 35.0 Å². The molecule has 160 valence electrons. The van der Waals surface area contributed by atoms with Gasteiger partial charge in [0.25, 0.3) is 0 Å². The van der Waals surface area contributed by atoms with Crippen molar-refractivity contribution in [3.63, 3.8) is 0 Å². The van der Waals surface area contributed by atoms with Crippen molar-refractivity contribution in [3.8, 4) is 28.4 Å². The molecule has 0 radical (unpaired) electrons. The smallest absolute Gasteiger partial charge is 0.168 e. The Morgan fingerprint density at radius 1 is 1.13 bits per heavy atom. The first-order valence-electron chi connectivity index (χ1n) is 10.2. The van der Waals surface area contributed by atoms with E-state index >= 15 is 0 Å². The molecule has 1 saturated heterocycles. The summed E-state index contributed by atoms with van der Waals surface area (Å²) in [7, 11) is 0. The van der Waals surface area contributed by atoms with Crippen molar-refractivity contribution >= 4 is 12.1 Å². The van der Waals surface area contributed by atoms with Crippen molar-refractivity contribution < 1.29 is 9.90 Å². The Morgan fingerprint density at radius 2 is 1.97 bits per heavy atom. The maximum absolute atomic E-state index is 10.9. The van der Waals surface area contributed by atoms with E-state index in [1.165, 1.54) is 18.5 Å². The van der Waals surface area contributed by atoms with Gasteiger partial charge in [0, 0.05) is 36.4 Å². The van der Waals surface area contributed by atoms with Crippen molar-refractivity contribution in [2.75, 3.05) is 18.0 Å². The van der Waals surface area contributed by atoms with Gasteiger partial charge in [-0.2, -0.15) is 0 Å². The van der Waals surface area contributed by atoms with Gasteiger partial charge >= 0.3 is 0 Å². The fourth-order valence-corrected chi connectivity index (χ4v) is 3.70. The number of carbonyl (C=O) groups excluding carboxylic acids is 1. The van der Waals surface area contributed by atoms with Gasteiger partial charge in [0.15, 0.2) is 12.1 Å². The zero-order chi connectivity index (χ0) is 22.0. The molecule has 3 aromatic heterocycles. The third-order valence-corrected chi connectivity index (χ3v) is 5.01. The van der Waals surface area contributed by atoms with Crippen LogP contribution in [0.15, 0.2) is 36.8 Å². The van der Waals surface area contributed by atoms with Crippen LogP contribution in [-0.2, 0) is 0 Å². The molecule has 4 rings (SSSR count). The quantitative estimate of drug-likeness (QED) is 0.601. The highest BCUT2D eigenvalue weighted by atomic mass is 16.3. The minimum atomic E-state index is -0.0403. The molecule has 0 aromatic carbocycles. The van der Waals surface area contributed by atoms with Gasteiger partial charge in [-0.3, -0.25) is 4.79 Å². The summed E-state index contributed by atoms with van der Waals surface area (Å²) in [6.45, 7) is 8.30. The van der Waals surface area contributed by atoms with Gasteiger partial charge < -0.3 is 15.3 Å².